The Morgan fingerprint density at radius 1 is 1.26 bits per heavy atom. The maximum Gasteiger partial charge on any atom is 0.235 e. The first-order valence-corrected chi connectivity index (χ1v) is 8.32. The van der Waals surface area contributed by atoms with Crippen LogP contribution in [0, 0.1) is 0 Å². The van der Waals surface area contributed by atoms with Crippen molar-refractivity contribution in [1.29, 1.82) is 0 Å². The topological polar surface area (TPSA) is 80.3 Å². The summed E-state index contributed by atoms with van der Waals surface area (Å²) in [6, 6.07) is 10.5. The van der Waals surface area contributed by atoms with E-state index in [-0.39, 0.29) is 6.04 Å². The smallest absolute Gasteiger partial charge is 0.235 e. The molecule has 5 rings (SSSR count). The standard InChI is InChI=1S/C15H14N6OS/c1-8-6-10(17-16-8)14-20-21-13(18-19-15(21)23-14)12-7-9-4-2-3-5-11(9)22-12/h2-5,7-8,10,16-17H,6H2,1H3. The molecule has 1 aliphatic heterocycles. The van der Waals surface area contributed by atoms with Crippen molar-refractivity contribution >= 4 is 27.3 Å². The number of hydrazine groups is 1. The third-order valence-electron chi connectivity index (χ3n) is 4.04. The van der Waals surface area contributed by atoms with E-state index in [1.165, 1.54) is 0 Å². The zero-order valence-corrected chi connectivity index (χ0v) is 13.2. The normalized spacial score (nSPS) is 21.6. The first-order chi connectivity index (χ1) is 11.3. The molecule has 1 fully saturated rings. The summed E-state index contributed by atoms with van der Waals surface area (Å²) >= 11 is 1.55. The van der Waals surface area contributed by atoms with Gasteiger partial charge in [-0.1, -0.05) is 29.5 Å². The fourth-order valence-corrected chi connectivity index (χ4v) is 3.80. The van der Waals surface area contributed by atoms with E-state index in [4.69, 9.17) is 4.42 Å². The molecule has 23 heavy (non-hydrogen) atoms. The molecular formula is C15H14N6OS. The Bertz CT molecular complexity index is 969. The third kappa shape index (κ3) is 2.07. The number of furan rings is 1. The van der Waals surface area contributed by atoms with Crippen LogP contribution in [0.25, 0.3) is 27.5 Å². The molecule has 7 nitrogen and oxygen atoms in total. The van der Waals surface area contributed by atoms with E-state index in [1.807, 2.05) is 30.3 Å². The van der Waals surface area contributed by atoms with Gasteiger partial charge in [-0.05, 0) is 25.5 Å². The molecule has 2 unspecified atom stereocenters. The molecule has 1 saturated heterocycles. The van der Waals surface area contributed by atoms with Gasteiger partial charge in [-0.25, -0.2) is 5.43 Å². The Balaban J connectivity index is 1.60. The molecule has 2 N–H and O–H groups in total. The minimum Gasteiger partial charge on any atom is -0.453 e. The van der Waals surface area contributed by atoms with Gasteiger partial charge >= 0.3 is 0 Å². The van der Waals surface area contributed by atoms with Crippen molar-refractivity contribution in [2.75, 3.05) is 0 Å². The van der Waals surface area contributed by atoms with Gasteiger partial charge in [-0.2, -0.15) is 9.61 Å². The summed E-state index contributed by atoms with van der Waals surface area (Å²) in [4.78, 5) is 0.775. The second kappa shape index (κ2) is 4.85. The van der Waals surface area contributed by atoms with Crippen LogP contribution in [0.1, 0.15) is 24.4 Å². The summed E-state index contributed by atoms with van der Waals surface area (Å²) in [5.41, 5.74) is 7.33. The van der Waals surface area contributed by atoms with E-state index in [2.05, 4.69) is 33.1 Å². The lowest BCUT2D eigenvalue weighted by atomic mass is 10.2. The molecule has 116 valence electrons. The van der Waals surface area contributed by atoms with E-state index in [0.717, 1.165) is 27.4 Å². The monoisotopic (exact) mass is 326 g/mol. The first kappa shape index (κ1) is 13.2. The number of fused-ring (bicyclic) bond motifs is 2. The van der Waals surface area contributed by atoms with Crippen molar-refractivity contribution in [1.82, 2.24) is 30.7 Å². The van der Waals surface area contributed by atoms with Crippen molar-refractivity contribution < 1.29 is 4.42 Å². The number of benzene rings is 1. The maximum absolute atomic E-state index is 5.89. The molecule has 3 aromatic heterocycles. The fraction of sp³-hybridized carbons (Fsp3) is 0.267. The highest BCUT2D eigenvalue weighted by Gasteiger charge is 2.26. The number of rotatable bonds is 2. The summed E-state index contributed by atoms with van der Waals surface area (Å²) < 4.78 is 7.65. The van der Waals surface area contributed by atoms with Gasteiger partial charge in [0.1, 0.15) is 10.6 Å². The SMILES string of the molecule is CC1CC(c2nn3c(-c4cc5ccccc5o4)nnc3s2)NN1. The summed E-state index contributed by atoms with van der Waals surface area (Å²) in [6.07, 6.45) is 1.00. The van der Waals surface area contributed by atoms with E-state index >= 15 is 0 Å². The molecule has 1 aliphatic rings. The zero-order valence-electron chi connectivity index (χ0n) is 12.4. The van der Waals surface area contributed by atoms with E-state index < -0.39 is 0 Å². The van der Waals surface area contributed by atoms with Crippen molar-refractivity contribution in [3.8, 4) is 11.6 Å². The molecule has 4 aromatic rings. The van der Waals surface area contributed by atoms with E-state index in [9.17, 15) is 0 Å². The fourth-order valence-electron chi connectivity index (χ4n) is 2.90. The molecule has 0 amide bonds. The molecule has 0 saturated carbocycles. The first-order valence-electron chi connectivity index (χ1n) is 7.50. The summed E-state index contributed by atoms with van der Waals surface area (Å²) in [5.74, 6) is 1.32. The van der Waals surface area contributed by atoms with Crippen LogP contribution in [0.2, 0.25) is 0 Å². The van der Waals surface area contributed by atoms with E-state index in [1.54, 1.807) is 15.9 Å². The third-order valence-corrected chi connectivity index (χ3v) is 5.06. The number of nitrogens with zero attached hydrogens (tertiary/aromatic N) is 4. The number of hydrogen-bond acceptors (Lipinski definition) is 7. The van der Waals surface area contributed by atoms with Crippen LogP contribution in [0.3, 0.4) is 0 Å². The quantitative estimate of drug-likeness (QED) is 0.589. The van der Waals surface area contributed by atoms with Gasteiger partial charge in [-0.15, -0.1) is 10.2 Å². The van der Waals surface area contributed by atoms with Crippen molar-refractivity contribution in [3.63, 3.8) is 0 Å². The predicted octanol–water partition coefficient (Wildman–Crippen LogP) is 2.53. The molecule has 0 aliphatic carbocycles. The van der Waals surface area contributed by atoms with Gasteiger partial charge in [0.05, 0.1) is 6.04 Å². The van der Waals surface area contributed by atoms with Gasteiger partial charge < -0.3 is 4.42 Å². The minimum absolute atomic E-state index is 0.209. The van der Waals surface area contributed by atoms with Crippen LogP contribution in [-0.2, 0) is 0 Å². The number of nitrogens with one attached hydrogen (secondary N) is 2. The second-order valence-electron chi connectivity index (χ2n) is 5.78. The van der Waals surface area contributed by atoms with Gasteiger partial charge in [0.2, 0.25) is 10.8 Å². The molecule has 8 heteroatoms. The lowest BCUT2D eigenvalue weighted by Crippen LogP contribution is -2.28. The highest BCUT2D eigenvalue weighted by Crippen LogP contribution is 2.30. The largest absolute Gasteiger partial charge is 0.453 e. The number of hydrogen-bond donors (Lipinski definition) is 2. The van der Waals surface area contributed by atoms with Crippen LogP contribution in [0.4, 0.5) is 0 Å². The predicted molar refractivity (Wildman–Crippen MR) is 87.0 cm³/mol. The average molecular weight is 326 g/mol. The summed E-state index contributed by atoms with van der Waals surface area (Å²) in [6.45, 7) is 2.15. The van der Waals surface area contributed by atoms with Gasteiger partial charge in [0.15, 0.2) is 5.76 Å². The zero-order chi connectivity index (χ0) is 15.4. The second-order valence-corrected chi connectivity index (χ2v) is 6.77. The Hall–Kier alpha value is -2.29. The Morgan fingerprint density at radius 3 is 3.00 bits per heavy atom. The van der Waals surface area contributed by atoms with Crippen LogP contribution >= 0.6 is 11.3 Å². The Labute approximate surface area is 135 Å². The van der Waals surface area contributed by atoms with Crippen molar-refractivity contribution in [2.24, 2.45) is 0 Å². The van der Waals surface area contributed by atoms with Crippen molar-refractivity contribution in [2.45, 2.75) is 25.4 Å². The molecule has 2 atom stereocenters. The summed E-state index contributed by atoms with van der Waals surface area (Å²) in [7, 11) is 0. The molecule has 1 aromatic carbocycles. The Kier molecular flexibility index (Phi) is 2.78. The lowest BCUT2D eigenvalue weighted by Gasteiger charge is -2.02. The number of aromatic nitrogens is 4. The Morgan fingerprint density at radius 2 is 2.17 bits per heavy atom. The van der Waals surface area contributed by atoms with Crippen LogP contribution < -0.4 is 10.9 Å². The molecule has 0 radical (unpaired) electrons. The van der Waals surface area contributed by atoms with Gasteiger partial charge in [0.25, 0.3) is 0 Å². The van der Waals surface area contributed by atoms with Crippen LogP contribution in [0.5, 0.6) is 0 Å². The molecule has 0 spiro atoms. The van der Waals surface area contributed by atoms with Crippen LogP contribution in [-0.4, -0.2) is 25.9 Å². The number of para-hydroxylation sites is 1. The van der Waals surface area contributed by atoms with Gasteiger partial charge in [-0.3, -0.25) is 5.43 Å². The van der Waals surface area contributed by atoms with E-state index in [0.29, 0.717) is 17.6 Å². The minimum atomic E-state index is 0.209. The highest BCUT2D eigenvalue weighted by molar-refractivity contribution is 7.16. The van der Waals surface area contributed by atoms with Gasteiger partial charge in [0, 0.05) is 11.4 Å². The molecule has 0 bridgehead atoms. The summed E-state index contributed by atoms with van der Waals surface area (Å²) in [5, 5.41) is 15.2. The van der Waals surface area contributed by atoms with Crippen molar-refractivity contribution in [3.05, 3.63) is 35.3 Å². The van der Waals surface area contributed by atoms with Crippen LogP contribution in [0.15, 0.2) is 34.7 Å². The molecule has 4 heterocycles. The average Bonchev–Trinajstić information content (AvgIpc) is 3.28. The molecular weight excluding hydrogens is 312 g/mol. The highest BCUT2D eigenvalue weighted by atomic mass is 32.1. The lowest BCUT2D eigenvalue weighted by molar-refractivity contribution is 0.555. The maximum atomic E-state index is 5.89.